The number of ether oxygens (including phenoxy) is 3. The summed E-state index contributed by atoms with van der Waals surface area (Å²) in [5.41, 5.74) is 2.61. The average Bonchev–Trinajstić information content (AvgIpc) is 2.74. The van der Waals surface area contributed by atoms with E-state index in [-0.39, 0.29) is 30.2 Å². The lowest BCUT2D eigenvalue weighted by Crippen LogP contribution is -2.47. The Bertz CT molecular complexity index is 1100. The smallest absolute Gasteiger partial charge is 0.407 e. The molecule has 0 aliphatic heterocycles. The van der Waals surface area contributed by atoms with Crippen molar-refractivity contribution in [2.24, 2.45) is 5.92 Å². The minimum atomic E-state index is -0.526. The fourth-order valence-electron chi connectivity index (χ4n) is 4.82. The summed E-state index contributed by atoms with van der Waals surface area (Å²) in [6, 6.07) is 10.9. The van der Waals surface area contributed by atoms with Gasteiger partial charge in [-0.25, -0.2) is 9.18 Å². The molecule has 0 saturated heterocycles. The lowest BCUT2D eigenvalue weighted by molar-refractivity contribution is -0.139. The molecule has 2 aromatic rings. The highest BCUT2D eigenvalue weighted by Crippen LogP contribution is 2.45. The van der Waals surface area contributed by atoms with Crippen molar-refractivity contribution >= 4 is 12.1 Å². The fraction of sp³-hybridized carbons (Fsp3) is 0.517. The molecule has 2 aromatic carbocycles. The van der Waals surface area contributed by atoms with Crippen LogP contribution in [0.3, 0.4) is 0 Å². The molecule has 0 unspecified atom stereocenters. The number of carbonyl (C=O) groups excluding carboxylic acids is 2. The summed E-state index contributed by atoms with van der Waals surface area (Å²) in [7, 11) is 1.37. The number of rotatable bonds is 8. The highest BCUT2D eigenvalue weighted by molar-refractivity contribution is 5.78. The lowest BCUT2D eigenvalue weighted by atomic mass is 9.76. The van der Waals surface area contributed by atoms with Crippen LogP contribution in [0.25, 0.3) is 11.1 Å². The van der Waals surface area contributed by atoms with E-state index in [9.17, 15) is 14.0 Å². The minimum Gasteiger partial charge on any atom is -0.493 e. The number of esters is 1. The molecule has 194 valence electrons. The quantitative estimate of drug-likeness (QED) is 0.442. The summed E-state index contributed by atoms with van der Waals surface area (Å²) in [5, 5.41) is 2.91. The Morgan fingerprint density at radius 1 is 1.08 bits per heavy atom. The molecule has 1 amide bonds. The van der Waals surface area contributed by atoms with E-state index in [1.54, 1.807) is 6.07 Å². The van der Waals surface area contributed by atoms with Gasteiger partial charge in [0.25, 0.3) is 0 Å². The molecule has 0 radical (unpaired) electrons. The third-order valence-electron chi connectivity index (χ3n) is 6.91. The van der Waals surface area contributed by atoms with Crippen molar-refractivity contribution in [1.29, 1.82) is 0 Å². The molecule has 2 fully saturated rings. The zero-order chi connectivity index (χ0) is 25.9. The van der Waals surface area contributed by atoms with Crippen molar-refractivity contribution in [3.63, 3.8) is 0 Å². The maximum Gasteiger partial charge on any atom is 0.407 e. The van der Waals surface area contributed by atoms with Gasteiger partial charge in [-0.15, -0.1) is 0 Å². The number of amides is 1. The number of carbonyl (C=O) groups is 2. The van der Waals surface area contributed by atoms with Gasteiger partial charge in [0.15, 0.2) is 0 Å². The van der Waals surface area contributed by atoms with Crippen LogP contribution in [0.2, 0.25) is 0 Å². The molecule has 0 bridgehead atoms. The second-order valence-electron chi connectivity index (χ2n) is 10.9. The van der Waals surface area contributed by atoms with Crippen LogP contribution in [0.4, 0.5) is 9.18 Å². The van der Waals surface area contributed by atoms with Crippen molar-refractivity contribution in [2.75, 3.05) is 13.7 Å². The van der Waals surface area contributed by atoms with Gasteiger partial charge >= 0.3 is 12.1 Å². The lowest BCUT2D eigenvalue weighted by Gasteiger charge is -2.36. The molecule has 0 aromatic heterocycles. The van der Waals surface area contributed by atoms with E-state index in [4.69, 9.17) is 14.2 Å². The topological polar surface area (TPSA) is 73.9 Å². The fourth-order valence-corrected chi connectivity index (χ4v) is 4.82. The van der Waals surface area contributed by atoms with Crippen LogP contribution in [0.5, 0.6) is 5.75 Å². The molecular weight excluding hydrogens is 461 g/mol. The van der Waals surface area contributed by atoms with Crippen molar-refractivity contribution in [3.05, 3.63) is 53.3 Å². The van der Waals surface area contributed by atoms with Crippen LogP contribution >= 0.6 is 0 Å². The SMILES string of the molecule is COC(=O)Cc1ccc(OCC2CC(NC(=O)OC(C)(C)C)C2)c(-c2cccc(F)c2C2CCC2)c1. The second-order valence-corrected chi connectivity index (χ2v) is 10.9. The predicted molar refractivity (Wildman–Crippen MR) is 136 cm³/mol. The standard InChI is InChI=1S/C29H36FNO5/c1-29(2,3)36-28(33)31-21-13-19(14-21)17-35-25-12-11-18(16-26(32)34-4)15-23(25)22-9-6-10-24(30)27(22)20-7-5-8-20/h6,9-12,15,19-21H,5,7-8,13-14,16-17H2,1-4H3,(H,31,33). The largest absolute Gasteiger partial charge is 0.493 e. The van der Waals surface area contributed by atoms with Gasteiger partial charge in [0, 0.05) is 11.6 Å². The summed E-state index contributed by atoms with van der Waals surface area (Å²) in [4.78, 5) is 23.9. The van der Waals surface area contributed by atoms with Crippen molar-refractivity contribution in [1.82, 2.24) is 5.32 Å². The number of halogens is 1. The van der Waals surface area contributed by atoms with E-state index in [2.05, 4.69) is 5.32 Å². The molecule has 0 spiro atoms. The number of benzene rings is 2. The van der Waals surface area contributed by atoms with Gasteiger partial charge < -0.3 is 19.5 Å². The third kappa shape index (κ3) is 6.37. The Hall–Kier alpha value is -3.09. The van der Waals surface area contributed by atoms with Crippen LogP contribution in [-0.2, 0) is 20.7 Å². The van der Waals surface area contributed by atoms with Crippen LogP contribution in [0.15, 0.2) is 36.4 Å². The Morgan fingerprint density at radius 2 is 1.83 bits per heavy atom. The molecule has 36 heavy (non-hydrogen) atoms. The molecule has 2 aliphatic carbocycles. The van der Waals surface area contributed by atoms with Gasteiger partial charge in [0.05, 0.1) is 20.1 Å². The van der Waals surface area contributed by atoms with Crippen LogP contribution in [-0.4, -0.2) is 37.4 Å². The van der Waals surface area contributed by atoms with Gasteiger partial charge in [-0.1, -0.05) is 24.6 Å². The summed E-state index contributed by atoms with van der Waals surface area (Å²) < 4.78 is 31.4. The Balaban J connectivity index is 1.48. The maximum atomic E-state index is 15.0. The normalized spacial score (nSPS) is 19.6. The third-order valence-corrected chi connectivity index (χ3v) is 6.91. The molecule has 0 atom stereocenters. The molecule has 7 heteroatoms. The Labute approximate surface area is 212 Å². The number of methoxy groups -OCH3 is 1. The molecule has 0 heterocycles. The van der Waals surface area contributed by atoms with E-state index in [1.165, 1.54) is 13.2 Å². The highest BCUT2D eigenvalue weighted by atomic mass is 19.1. The first-order valence-electron chi connectivity index (χ1n) is 12.7. The molecular formula is C29H36FNO5. The monoisotopic (exact) mass is 497 g/mol. The van der Waals surface area contributed by atoms with E-state index in [0.29, 0.717) is 18.3 Å². The summed E-state index contributed by atoms with van der Waals surface area (Å²) in [6.07, 6.45) is 4.40. The van der Waals surface area contributed by atoms with Gasteiger partial charge in [-0.3, -0.25) is 4.79 Å². The first kappa shape index (κ1) is 26.0. The van der Waals surface area contributed by atoms with Crippen molar-refractivity contribution in [2.45, 2.75) is 76.9 Å². The van der Waals surface area contributed by atoms with E-state index >= 15 is 0 Å². The molecule has 4 rings (SSSR count). The Kier molecular flexibility index (Phi) is 7.86. The second kappa shape index (κ2) is 10.9. The number of hydrogen-bond acceptors (Lipinski definition) is 5. The van der Waals surface area contributed by atoms with Crippen LogP contribution in [0, 0.1) is 11.7 Å². The maximum absolute atomic E-state index is 15.0. The predicted octanol–water partition coefficient (Wildman–Crippen LogP) is 6.16. The van der Waals surface area contributed by atoms with E-state index in [0.717, 1.165) is 54.4 Å². The highest BCUT2D eigenvalue weighted by Gasteiger charge is 2.33. The molecule has 2 saturated carbocycles. The molecule has 1 N–H and O–H groups in total. The average molecular weight is 498 g/mol. The zero-order valence-corrected chi connectivity index (χ0v) is 21.6. The van der Waals surface area contributed by atoms with E-state index in [1.807, 2.05) is 45.0 Å². The zero-order valence-electron chi connectivity index (χ0n) is 21.6. The van der Waals surface area contributed by atoms with Crippen molar-refractivity contribution in [3.8, 4) is 16.9 Å². The van der Waals surface area contributed by atoms with Gasteiger partial charge in [0.1, 0.15) is 17.2 Å². The van der Waals surface area contributed by atoms with Gasteiger partial charge in [0.2, 0.25) is 0 Å². The first-order chi connectivity index (χ1) is 17.1. The molecule has 6 nitrogen and oxygen atoms in total. The summed E-state index contributed by atoms with van der Waals surface area (Å²) >= 11 is 0. The van der Waals surface area contributed by atoms with Gasteiger partial charge in [-0.05, 0) is 93.2 Å². The van der Waals surface area contributed by atoms with Gasteiger partial charge in [-0.2, -0.15) is 0 Å². The van der Waals surface area contributed by atoms with Crippen LogP contribution in [0.1, 0.15) is 69.9 Å². The number of hydrogen-bond donors (Lipinski definition) is 1. The first-order valence-corrected chi connectivity index (χ1v) is 12.7. The minimum absolute atomic E-state index is 0.0730. The van der Waals surface area contributed by atoms with Crippen molar-refractivity contribution < 1.29 is 28.2 Å². The number of nitrogens with one attached hydrogen (secondary N) is 1. The van der Waals surface area contributed by atoms with E-state index < -0.39 is 11.7 Å². The van der Waals surface area contributed by atoms with Crippen LogP contribution < -0.4 is 10.1 Å². The Morgan fingerprint density at radius 3 is 2.47 bits per heavy atom. The summed E-state index contributed by atoms with van der Waals surface area (Å²) in [5.74, 6) is 0.636. The number of alkyl carbamates (subject to hydrolysis) is 1. The summed E-state index contributed by atoms with van der Waals surface area (Å²) in [6.45, 7) is 6.01. The molecule has 2 aliphatic rings.